The van der Waals surface area contributed by atoms with Crippen molar-refractivity contribution < 1.29 is 14.3 Å². The average molecular weight is 522 g/mol. The number of carbonyl (C=O) groups excluding carboxylic acids is 1. The van der Waals surface area contributed by atoms with E-state index in [1.807, 2.05) is 30.3 Å². The molecule has 186 valence electrons. The highest BCUT2D eigenvalue weighted by molar-refractivity contribution is 8.00. The van der Waals surface area contributed by atoms with Crippen LogP contribution < -0.4 is 10.2 Å². The Labute approximate surface area is 217 Å². The van der Waals surface area contributed by atoms with E-state index >= 15 is 0 Å². The van der Waals surface area contributed by atoms with Crippen molar-refractivity contribution in [1.29, 1.82) is 0 Å². The highest BCUT2D eigenvalue weighted by Gasteiger charge is 2.33. The van der Waals surface area contributed by atoms with Gasteiger partial charge in [0.1, 0.15) is 22.0 Å². The Bertz CT molecular complexity index is 1430. The van der Waals surface area contributed by atoms with Crippen LogP contribution in [0.1, 0.15) is 25.0 Å². The van der Waals surface area contributed by atoms with Gasteiger partial charge in [0.2, 0.25) is 5.91 Å². The van der Waals surface area contributed by atoms with Crippen molar-refractivity contribution in [2.75, 3.05) is 42.3 Å². The summed E-state index contributed by atoms with van der Waals surface area (Å²) in [6.45, 7) is 7.82. The van der Waals surface area contributed by atoms with E-state index in [2.05, 4.69) is 29.0 Å². The van der Waals surface area contributed by atoms with Crippen LogP contribution >= 0.6 is 23.1 Å². The third-order valence-electron chi connectivity index (χ3n) is 6.48. The molecule has 4 aromatic rings. The molecule has 5 heterocycles. The van der Waals surface area contributed by atoms with Crippen molar-refractivity contribution in [1.82, 2.24) is 15.0 Å². The molecule has 2 aliphatic heterocycles. The van der Waals surface area contributed by atoms with Gasteiger partial charge >= 0.3 is 0 Å². The third-order valence-corrected chi connectivity index (χ3v) is 8.68. The van der Waals surface area contributed by atoms with Crippen LogP contribution in [-0.4, -0.2) is 58.5 Å². The van der Waals surface area contributed by atoms with E-state index in [4.69, 9.17) is 19.4 Å². The minimum absolute atomic E-state index is 0.0666. The summed E-state index contributed by atoms with van der Waals surface area (Å²) >= 11 is 3.04. The molecule has 0 unspecified atom stereocenters. The molecule has 1 aromatic carbocycles. The smallest absolute Gasteiger partial charge is 0.234 e. The van der Waals surface area contributed by atoms with E-state index < -0.39 is 0 Å². The van der Waals surface area contributed by atoms with Gasteiger partial charge in [-0.1, -0.05) is 30.0 Å². The second-order valence-electron chi connectivity index (χ2n) is 9.56. The standard InChI is InChI=1S/C26H27N5O3S2/c1-26(2)12-17-18(13-34-26)23(31-8-10-33-11-9-31)30-24-20(17)21-22(36-24)25(28-15-27-21)35-14-19(32)29-16-6-4-3-5-7-16/h3-7,15H,8-14H2,1-2H3,(H,29,32). The molecule has 0 aliphatic carbocycles. The van der Waals surface area contributed by atoms with Gasteiger partial charge in [0.25, 0.3) is 0 Å². The molecule has 1 N–H and O–H groups in total. The summed E-state index contributed by atoms with van der Waals surface area (Å²) in [5.41, 5.74) is 3.84. The number of thiophene rings is 1. The molecule has 0 spiro atoms. The predicted octanol–water partition coefficient (Wildman–Crippen LogP) is 4.66. The monoisotopic (exact) mass is 521 g/mol. The maximum absolute atomic E-state index is 12.6. The Hall–Kier alpha value is -2.79. The van der Waals surface area contributed by atoms with E-state index in [9.17, 15) is 4.79 Å². The maximum Gasteiger partial charge on any atom is 0.234 e. The maximum atomic E-state index is 12.6. The summed E-state index contributed by atoms with van der Waals surface area (Å²) in [6, 6.07) is 9.49. The summed E-state index contributed by atoms with van der Waals surface area (Å²) in [5.74, 6) is 1.19. The summed E-state index contributed by atoms with van der Waals surface area (Å²) in [5, 5.41) is 4.84. The Morgan fingerprint density at radius 2 is 1.97 bits per heavy atom. The third kappa shape index (κ3) is 4.54. The fourth-order valence-corrected chi connectivity index (χ4v) is 6.79. The van der Waals surface area contributed by atoms with Gasteiger partial charge in [-0.05, 0) is 31.5 Å². The molecule has 0 saturated carbocycles. The number of ether oxygens (including phenoxy) is 2. The van der Waals surface area contributed by atoms with Gasteiger partial charge in [0, 0.05) is 36.1 Å². The number of nitrogens with one attached hydrogen (secondary N) is 1. The zero-order valence-electron chi connectivity index (χ0n) is 20.2. The molecule has 1 saturated heterocycles. The molecular weight excluding hydrogens is 494 g/mol. The number of pyridine rings is 1. The number of hydrogen-bond donors (Lipinski definition) is 1. The normalized spacial score (nSPS) is 17.3. The van der Waals surface area contributed by atoms with Gasteiger partial charge < -0.3 is 19.7 Å². The van der Waals surface area contributed by atoms with E-state index in [0.717, 1.165) is 62.0 Å². The number of nitrogens with zero attached hydrogens (tertiary/aromatic N) is 4. The number of fused-ring (bicyclic) bond motifs is 5. The van der Waals surface area contributed by atoms with Gasteiger partial charge in [-0.15, -0.1) is 11.3 Å². The number of para-hydroxylation sites is 1. The summed E-state index contributed by atoms with van der Waals surface area (Å²) < 4.78 is 12.8. The lowest BCUT2D eigenvalue weighted by atomic mass is 9.90. The fraction of sp³-hybridized carbons (Fsp3) is 0.385. The quantitative estimate of drug-likeness (QED) is 0.300. The Kier molecular flexibility index (Phi) is 6.28. The summed E-state index contributed by atoms with van der Waals surface area (Å²) in [6.07, 6.45) is 2.38. The average Bonchev–Trinajstić information content (AvgIpc) is 3.27. The minimum atomic E-state index is -0.266. The molecule has 6 rings (SSSR count). The summed E-state index contributed by atoms with van der Waals surface area (Å²) in [7, 11) is 0. The minimum Gasteiger partial charge on any atom is -0.378 e. The zero-order valence-corrected chi connectivity index (χ0v) is 21.9. The Morgan fingerprint density at radius 1 is 1.17 bits per heavy atom. The van der Waals surface area contributed by atoms with Crippen molar-refractivity contribution in [3.05, 3.63) is 47.8 Å². The number of carbonyl (C=O) groups is 1. The van der Waals surface area contributed by atoms with E-state index in [0.29, 0.717) is 19.8 Å². The molecule has 0 atom stereocenters. The van der Waals surface area contributed by atoms with Crippen LogP contribution in [0.15, 0.2) is 41.7 Å². The number of morpholine rings is 1. The van der Waals surface area contributed by atoms with Crippen molar-refractivity contribution >= 4 is 60.9 Å². The molecule has 8 nitrogen and oxygen atoms in total. The number of benzene rings is 1. The first-order valence-corrected chi connectivity index (χ1v) is 13.8. The second kappa shape index (κ2) is 9.59. The largest absolute Gasteiger partial charge is 0.378 e. The summed E-state index contributed by atoms with van der Waals surface area (Å²) in [4.78, 5) is 30.2. The number of thioether (sulfide) groups is 1. The van der Waals surface area contributed by atoms with Crippen molar-refractivity contribution in [3.8, 4) is 0 Å². The number of hydrogen-bond acceptors (Lipinski definition) is 9. The number of aromatic nitrogens is 3. The van der Waals surface area contributed by atoms with Crippen LogP contribution in [0.5, 0.6) is 0 Å². The number of rotatable bonds is 5. The molecule has 3 aromatic heterocycles. The molecular formula is C26H27N5O3S2. The van der Waals surface area contributed by atoms with Gasteiger partial charge in [-0.2, -0.15) is 0 Å². The SMILES string of the molecule is CC1(C)Cc2c(c(N3CCOCC3)nc3sc4c(SCC(=O)Nc5ccccc5)ncnc4c23)CO1. The first-order valence-electron chi connectivity index (χ1n) is 12.0. The molecule has 1 amide bonds. The topological polar surface area (TPSA) is 89.5 Å². The van der Waals surface area contributed by atoms with Crippen molar-refractivity contribution in [3.63, 3.8) is 0 Å². The van der Waals surface area contributed by atoms with Crippen LogP contribution in [0.2, 0.25) is 0 Å². The molecule has 36 heavy (non-hydrogen) atoms. The second-order valence-corrected chi connectivity index (χ2v) is 11.5. The molecule has 1 fully saturated rings. The highest BCUT2D eigenvalue weighted by atomic mass is 32.2. The lowest BCUT2D eigenvalue weighted by Gasteiger charge is -2.36. The van der Waals surface area contributed by atoms with Gasteiger partial charge in [0.15, 0.2) is 0 Å². The van der Waals surface area contributed by atoms with Crippen LogP contribution in [0.25, 0.3) is 20.4 Å². The highest BCUT2D eigenvalue weighted by Crippen LogP contribution is 2.44. The lowest BCUT2D eigenvalue weighted by molar-refractivity contribution is -0.113. The Morgan fingerprint density at radius 3 is 2.78 bits per heavy atom. The van der Waals surface area contributed by atoms with E-state index in [1.165, 1.54) is 17.3 Å². The number of amides is 1. The van der Waals surface area contributed by atoms with Crippen LogP contribution in [0.4, 0.5) is 11.5 Å². The van der Waals surface area contributed by atoms with Gasteiger partial charge in [-0.25, -0.2) is 15.0 Å². The molecule has 2 aliphatic rings. The molecule has 0 radical (unpaired) electrons. The van der Waals surface area contributed by atoms with Crippen molar-refractivity contribution in [2.45, 2.75) is 37.5 Å². The zero-order chi connectivity index (χ0) is 24.7. The van der Waals surface area contributed by atoms with Crippen LogP contribution in [0, 0.1) is 0 Å². The molecule has 0 bridgehead atoms. The first-order chi connectivity index (χ1) is 17.5. The Balaban J connectivity index is 1.39. The van der Waals surface area contributed by atoms with Crippen molar-refractivity contribution in [2.24, 2.45) is 0 Å². The fourth-order valence-electron chi connectivity index (χ4n) is 4.76. The molecule has 10 heteroatoms. The van der Waals surface area contributed by atoms with Gasteiger partial charge in [0.05, 0.1) is 41.4 Å². The predicted molar refractivity (Wildman–Crippen MR) is 144 cm³/mol. The van der Waals surface area contributed by atoms with Gasteiger partial charge in [-0.3, -0.25) is 4.79 Å². The number of anilines is 2. The lowest BCUT2D eigenvalue weighted by Crippen LogP contribution is -2.39. The van der Waals surface area contributed by atoms with E-state index in [-0.39, 0.29) is 17.3 Å². The van der Waals surface area contributed by atoms with Crippen LogP contribution in [0.3, 0.4) is 0 Å². The first kappa shape index (κ1) is 23.6. The van der Waals surface area contributed by atoms with E-state index in [1.54, 1.807) is 17.7 Å². The van der Waals surface area contributed by atoms with Crippen LogP contribution in [-0.2, 0) is 27.3 Å².